The Labute approximate surface area is 119 Å². The number of nitrogens with zero attached hydrogens (tertiary/aromatic N) is 1. The number of piperazine rings is 1. The molecule has 0 spiro atoms. The molecule has 0 bridgehead atoms. The molecule has 2 rings (SSSR count). The first kappa shape index (κ1) is 14.4. The first-order chi connectivity index (χ1) is 9.08. The number of carbonyl (C=O) groups is 1. The van der Waals surface area contributed by atoms with Crippen LogP contribution in [-0.4, -0.2) is 41.7 Å². The molecule has 0 radical (unpaired) electrons. The topological polar surface area (TPSA) is 32.3 Å². The predicted molar refractivity (Wildman–Crippen MR) is 80.8 cm³/mol. The second-order valence-corrected chi connectivity index (χ2v) is 6.89. The third kappa shape index (κ3) is 3.74. The lowest BCUT2D eigenvalue weighted by Gasteiger charge is -2.34. The van der Waals surface area contributed by atoms with E-state index in [9.17, 15) is 4.79 Å². The van der Waals surface area contributed by atoms with Gasteiger partial charge in [0.1, 0.15) is 0 Å². The molecule has 1 saturated heterocycles. The molecular weight excluding hydrogens is 256 g/mol. The maximum Gasteiger partial charge on any atom is 0.254 e. The predicted octanol–water partition coefficient (Wildman–Crippen LogP) is 2.62. The lowest BCUT2D eigenvalue weighted by molar-refractivity contribution is 0.0655. The highest BCUT2D eigenvalue weighted by atomic mass is 32.2. The molecule has 4 heteroatoms. The molecule has 1 unspecified atom stereocenters. The summed E-state index contributed by atoms with van der Waals surface area (Å²) in [6, 6.07) is 8.25. The summed E-state index contributed by atoms with van der Waals surface area (Å²) < 4.78 is 0. The maximum atomic E-state index is 12.4. The van der Waals surface area contributed by atoms with Crippen LogP contribution < -0.4 is 5.32 Å². The number of amides is 1. The molecular formula is C15H22N2OS. The second kappa shape index (κ2) is 6.44. The van der Waals surface area contributed by atoms with E-state index in [1.165, 1.54) is 4.90 Å². The van der Waals surface area contributed by atoms with Crippen LogP contribution >= 0.6 is 11.8 Å². The normalized spacial score (nSPS) is 19.8. The van der Waals surface area contributed by atoms with Gasteiger partial charge in [-0.05, 0) is 31.2 Å². The van der Waals surface area contributed by atoms with Crippen LogP contribution in [0, 0.1) is 0 Å². The smallest absolute Gasteiger partial charge is 0.254 e. The fourth-order valence-electron chi connectivity index (χ4n) is 2.26. The van der Waals surface area contributed by atoms with E-state index in [1.807, 2.05) is 40.9 Å². The van der Waals surface area contributed by atoms with Gasteiger partial charge in [-0.25, -0.2) is 0 Å². The zero-order valence-electron chi connectivity index (χ0n) is 11.8. The van der Waals surface area contributed by atoms with E-state index >= 15 is 0 Å². The molecule has 1 fully saturated rings. The summed E-state index contributed by atoms with van der Waals surface area (Å²) in [5, 5.41) is 3.87. The molecule has 104 valence electrons. The molecule has 0 aromatic heterocycles. The fourth-order valence-corrected chi connectivity index (χ4v) is 3.09. The number of hydrogen-bond acceptors (Lipinski definition) is 3. The molecule has 0 saturated carbocycles. The highest BCUT2D eigenvalue weighted by molar-refractivity contribution is 7.99. The van der Waals surface area contributed by atoms with Crippen LogP contribution in [0.15, 0.2) is 29.2 Å². The molecule has 1 N–H and O–H groups in total. The van der Waals surface area contributed by atoms with E-state index in [0.29, 0.717) is 5.25 Å². The van der Waals surface area contributed by atoms with E-state index in [0.717, 1.165) is 25.2 Å². The van der Waals surface area contributed by atoms with Gasteiger partial charge in [-0.3, -0.25) is 4.79 Å². The summed E-state index contributed by atoms with van der Waals surface area (Å²) in [5.41, 5.74) is 0.793. The van der Waals surface area contributed by atoms with Crippen molar-refractivity contribution in [2.24, 2.45) is 0 Å². The van der Waals surface area contributed by atoms with Gasteiger partial charge in [-0.2, -0.15) is 0 Å². The van der Waals surface area contributed by atoms with Crippen molar-refractivity contribution in [3.63, 3.8) is 0 Å². The zero-order valence-corrected chi connectivity index (χ0v) is 12.7. The monoisotopic (exact) mass is 278 g/mol. The number of rotatable bonds is 3. The Balaban J connectivity index is 2.06. The Morgan fingerprint density at radius 1 is 1.37 bits per heavy atom. The molecule has 0 aliphatic carbocycles. The summed E-state index contributed by atoms with van der Waals surface area (Å²) in [6.07, 6.45) is 0. The Morgan fingerprint density at radius 3 is 2.63 bits per heavy atom. The number of hydrogen-bond donors (Lipinski definition) is 1. The van der Waals surface area contributed by atoms with Crippen LogP contribution in [0.5, 0.6) is 0 Å². The molecule has 1 aromatic carbocycles. The summed E-state index contributed by atoms with van der Waals surface area (Å²) in [5.74, 6) is 0.148. The number of carbonyl (C=O) groups excluding carboxylic acids is 1. The molecule has 19 heavy (non-hydrogen) atoms. The Bertz CT molecular complexity index is 430. The molecule has 1 atom stereocenters. The highest BCUT2D eigenvalue weighted by Crippen LogP contribution is 2.23. The third-order valence-corrected chi connectivity index (χ3v) is 4.25. The molecule has 1 aliphatic rings. The van der Waals surface area contributed by atoms with Gasteiger partial charge in [0, 0.05) is 41.4 Å². The number of nitrogens with one attached hydrogen (secondary N) is 1. The van der Waals surface area contributed by atoms with Crippen molar-refractivity contribution >= 4 is 17.7 Å². The highest BCUT2D eigenvalue weighted by Gasteiger charge is 2.23. The minimum Gasteiger partial charge on any atom is -0.333 e. The van der Waals surface area contributed by atoms with Crippen molar-refractivity contribution in [2.75, 3.05) is 19.6 Å². The molecule has 3 nitrogen and oxygen atoms in total. The first-order valence-corrected chi connectivity index (χ1v) is 7.74. The average molecular weight is 278 g/mol. The van der Waals surface area contributed by atoms with E-state index in [2.05, 4.69) is 26.1 Å². The van der Waals surface area contributed by atoms with Gasteiger partial charge in [0.15, 0.2) is 0 Å². The average Bonchev–Trinajstić information content (AvgIpc) is 2.39. The van der Waals surface area contributed by atoms with Gasteiger partial charge in [0.25, 0.3) is 5.91 Å². The van der Waals surface area contributed by atoms with E-state index in [-0.39, 0.29) is 11.9 Å². The largest absolute Gasteiger partial charge is 0.333 e. The van der Waals surface area contributed by atoms with E-state index in [4.69, 9.17) is 0 Å². The second-order valence-electron chi connectivity index (χ2n) is 5.24. The first-order valence-electron chi connectivity index (χ1n) is 6.86. The van der Waals surface area contributed by atoms with E-state index in [1.54, 1.807) is 0 Å². The number of thioether (sulfide) groups is 1. The molecule has 1 aromatic rings. The summed E-state index contributed by atoms with van der Waals surface area (Å²) >= 11 is 1.82. The summed E-state index contributed by atoms with van der Waals surface area (Å²) in [7, 11) is 0. The van der Waals surface area contributed by atoms with Gasteiger partial charge in [0.2, 0.25) is 0 Å². The zero-order chi connectivity index (χ0) is 13.8. The van der Waals surface area contributed by atoms with Gasteiger partial charge in [0.05, 0.1) is 0 Å². The lowest BCUT2D eigenvalue weighted by Crippen LogP contribution is -2.52. The lowest BCUT2D eigenvalue weighted by atomic mass is 10.1. The molecule has 1 heterocycles. The van der Waals surface area contributed by atoms with Crippen LogP contribution in [-0.2, 0) is 0 Å². The molecule has 1 amide bonds. The number of benzene rings is 1. The van der Waals surface area contributed by atoms with Crippen molar-refractivity contribution in [3.8, 4) is 0 Å². The van der Waals surface area contributed by atoms with Crippen molar-refractivity contribution in [2.45, 2.75) is 37.0 Å². The third-order valence-electron chi connectivity index (χ3n) is 3.24. The van der Waals surface area contributed by atoms with Crippen LogP contribution in [0.25, 0.3) is 0 Å². The van der Waals surface area contributed by atoms with Crippen LogP contribution in [0.1, 0.15) is 31.1 Å². The van der Waals surface area contributed by atoms with E-state index < -0.39 is 0 Å². The Kier molecular flexibility index (Phi) is 4.88. The van der Waals surface area contributed by atoms with Gasteiger partial charge in [-0.1, -0.05) is 13.8 Å². The summed E-state index contributed by atoms with van der Waals surface area (Å²) in [6.45, 7) is 9.00. The van der Waals surface area contributed by atoms with Crippen molar-refractivity contribution in [1.82, 2.24) is 10.2 Å². The van der Waals surface area contributed by atoms with Crippen molar-refractivity contribution < 1.29 is 4.79 Å². The van der Waals surface area contributed by atoms with Crippen LogP contribution in [0.4, 0.5) is 0 Å². The van der Waals surface area contributed by atoms with Crippen LogP contribution in [0.3, 0.4) is 0 Å². The van der Waals surface area contributed by atoms with Crippen LogP contribution in [0.2, 0.25) is 0 Å². The SMILES string of the molecule is CC(C)Sc1ccc(C(=O)N2CCNCC2C)cc1. The van der Waals surface area contributed by atoms with Crippen molar-refractivity contribution in [3.05, 3.63) is 29.8 Å². The van der Waals surface area contributed by atoms with Gasteiger partial charge < -0.3 is 10.2 Å². The minimum atomic E-state index is 0.148. The molecule has 1 aliphatic heterocycles. The van der Waals surface area contributed by atoms with Gasteiger partial charge in [-0.15, -0.1) is 11.8 Å². The van der Waals surface area contributed by atoms with Crippen molar-refractivity contribution in [1.29, 1.82) is 0 Å². The Morgan fingerprint density at radius 2 is 2.05 bits per heavy atom. The van der Waals surface area contributed by atoms with Gasteiger partial charge >= 0.3 is 0 Å². The maximum absolute atomic E-state index is 12.4. The Hall–Kier alpha value is -1.00. The minimum absolute atomic E-state index is 0.148. The fraction of sp³-hybridized carbons (Fsp3) is 0.533. The summed E-state index contributed by atoms with van der Waals surface area (Å²) in [4.78, 5) is 15.6. The quantitative estimate of drug-likeness (QED) is 0.863. The standard InChI is InChI=1S/C15H22N2OS/c1-11(2)19-14-6-4-13(5-7-14)15(18)17-9-8-16-10-12(17)3/h4-7,11-12,16H,8-10H2,1-3H3.